The number of benzene rings is 2. The number of non-ortho nitro benzene ring substituents is 1. The van der Waals surface area contributed by atoms with E-state index in [1.807, 2.05) is 18.2 Å². The Morgan fingerprint density at radius 2 is 1.77 bits per heavy atom. The smallest absolute Gasteiger partial charge is 0.270 e. The zero-order valence-corrected chi connectivity index (χ0v) is 18.0. The van der Waals surface area contributed by atoms with Gasteiger partial charge in [0.2, 0.25) is 0 Å². The van der Waals surface area contributed by atoms with Gasteiger partial charge in [-0.25, -0.2) is 0 Å². The number of rotatable bonds is 6. The molecular weight excluding hydrogens is 392 g/mol. The minimum atomic E-state index is -0.437. The third kappa shape index (κ3) is 4.98. The summed E-state index contributed by atoms with van der Waals surface area (Å²) in [7, 11) is 0. The Morgan fingerprint density at radius 3 is 2.48 bits per heavy atom. The molecule has 2 aromatic rings. The van der Waals surface area contributed by atoms with Crippen LogP contribution in [0, 0.1) is 22.0 Å². The molecule has 164 valence electrons. The molecule has 31 heavy (non-hydrogen) atoms. The molecule has 1 N–H and O–H groups in total. The molecule has 2 aromatic carbocycles. The van der Waals surface area contributed by atoms with E-state index in [0.717, 1.165) is 51.1 Å². The summed E-state index contributed by atoms with van der Waals surface area (Å²) in [6, 6.07) is 15.0. The van der Waals surface area contributed by atoms with Gasteiger partial charge in [0.25, 0.3) is 11.6 Å². The van der Waals surface area contributed by atoms with E-state index in [0.29, 0.717) is 23.9 Å². The number of carbonyl (C=O) groups is 1. The Kier molecular flexibility index (Phi) is 6.39. The van der Waals surface area contributed by atoms with Crippen LogP contribution in [0.3, 0.4) is 0 Å². The maximum Gasteiger partial charge on any atom is 0.270 e. The summed E-state index contributed by atoms with van der Waals surface area (Å²) in [5.74, 6) is 0.805. The number of anilines is 2. The Balaban J connectivity index is 1.43. The highest BCUT2D eigenvalue weighted by molar-refractivity contribution is 6.00. The van der Waals surface area contributed by atoms with E-state index in [9.17, 15) is 14.9 Å². The molecule has 0 spiro atoms. The van der Waals surface area contributed by atoms with Crippen molar-refractivity contribution in [1.82, 2.24) is 5.32 Å². The number of amides is 1. The van der Waals surface area contributed by atoms with Crippen molar-refractivity contribution in [1.29, 1.82) is 0 Å². The van der Waals surface area contributed by atoms with Gasteiger partial charge in [-0.15, -0.1) is 0 Å². The van der Waals surface area contributed by atoms with E-state index in [-0.39, 0.29) is 11.6 Å². The van der Waals surface area contributed by atoms with Gasteiger partial charge in [-0.2, -0.15) is 0 Å². The molecule has 0 radical (unpaired) electrons. The third-order valence-corrected chi connectivity index (χ3v) is 6.52. The number of hydrogen-bond acceptors (Lipinski definition) is 5. The first-order valence-corrected chi connectivity index (χ1v) is 11.1. The molecule has 2 saturated heterocycles. The minimum Gasteiger partial charge on any atom is -0.371 e. The molecule has 2 aliphatic rings. The second-order valence-electron chi connectivity index (χ2n) is 8.77. The second kappa shape index (κ2) is 9.37. The molecule has 1 atom stereocenters. The van der Waals surface area contributed by atoms with Crippen molar-refractivity contribution in [3.05, 3.63) is 64.2 Å². The topological polar surface area (TPSA) is 78.7 Å². The van der Waals surface area contributed by atoms with Gasteiger partial charge >= 0.3 is 0 Å². The quantitative estimate of drug-likeness (QED) is 0.560. The lowest BCUT2D eigenvalue weighted by atomic mass is 9.97. The first-order chi connectivity index (χ1) is 15.0. The van der Waals surface area contributed by atoms with E-state index in [4.69, 9.17) is 0 Å². The maximum absolute atomic E-state index is 13.1. The summed E-state index contributed by atoms with van der Waals surface area (Å²) in [6.07, 6.45) is 3.14. The van der Waals surface area contributed by atoms with Crippen LogP contribution in [0.2, 0.25) is 0 Å². The number of piperidine rings is 1. The van der Waals surface area contributed by atoms with Crippen molar-refractivity contribution < 1.29 is 9.72 Å². The molecule has 7 heteroatoms. The van der Waals surface area contributed by atoms with Crippen LogP contribution < -0.4 is 15.1 Å². The summed E-state index contributed by atoms with van der Waals surface area (Å²) >= 11 is 0. The Bertz CT molecular complexity index is 926. The Morgan fingerprint density at radius 1 is 1.06 bits per heavy atom. The van der Waals surface area contributed by atoms with Crippen LogP contribution in [0.4, 0.5) is 17.1 Å². The van der Waals surface area contributed by atoms with Gasteiger partial charge in [0.15, 0.2) is 0 Å². The van der Waals surface area contributed by atoms with E-state index in [1.54, 1.807) is 6.07 Å². The standard InChI is InChI=1S/C24H30N4O3/c1-18-9-12-26(13-10-18)23-8-7-21(28(30)31)15-22(23)24(29)25-16-19-11-14-27(17-19)20-5-3-2-4-6-20/h2-8,15,18-19H,9-14,16-17H2,1H3,(H,25,29). The van der Waals surface area contributed by atoms with Crippen molar-refractivity contribution in [2.24, 2.45) is 11.8 Å². The molecule has 4 rings (SSSR count). The molecule has 2 heterocycles. The summed E-state index contributed by atoms with van der Waals surface area (Å²) < 4.78 is 0. The second-order valence-corrected chi connectivity index (χ2v) is 8.77. The van der Waals surface area contributed by atoms with E-state index >= 15 is 0 Å². The molecule has 0 aromatic heterocycles. The van der Waals surface area contributed by atoms with Crippen molar-refractivity contribution in [2.45, 2.75) is 26.2 Å². The minimum absolute atomic E-state index is 0.0459. The largest absolute Gasteiger partial charge is 0.371 e. The van der Waals surface area contributed by atoms with E-state index in [1.165, 1.54) is 17.8 Å². The van der Waals surface area contributed by atoms with Crippen LogP contribution in [0.5, 0.6) is 0 Å². The highest BCUT2D eigenvalue weighted by Gasteiger charge is 2.26. The number of carbonyl (C=O) groups excluding carboxylic acids is 1. The van der Waals surface area contributed by atoms with Crippen LogP contribution in [0.15, 0.2) is 48.5 Å². The highest BCUT2D eigenvalue weighted by Crippen LogP contribution is 2.30. The predicted octanol–water partition coefficient (Wildman–Crippen LogP) is 4.09. The molecule has 1 unspecified atom stereocenters. The lowest BCUT2D eigenvalue weighted by Gasteiger charge is -2.33. The van der Waals surface area contributed by atoms with Gasteiger partial charge in [0, 0.05) is 50.5 Å². The number of nitro groups is 1. The SMILES string of the molecule is CC1CCN(c2ccc([N+](=O)[O-])cc2C(=O)NCC2CCN(c3ccccc3)C2)CC1. The molecule has 7 nitrogen and oxygen atoms in total. The fraction of sp³-hybridized carbons (Fsp3) is 0.458. The highest BCUT2D eigenvalue weighted by atomic mass is 16.6. The molecule has 0 bridgehead atoms. The molecule has 1 amide bonds. The first kappa shape index (κ1) is 21.2. The lowest BCUT2D eigenvalue weighted by Crippen LogP contribution is -2.36. The molecule has 2 fully saturated rings. The van der Waals surface area contributed by atoms with Gasteiger partial charge in [0.05, 0.1) is 16.2 Å². The molecule has 2 aliphatic heterocycles. The summed E-state index contributed by atoms with van der Waals surface area (Å²) in [6.45, 7) is 6.42. The van der Waals surface area contributed by atoms with Crippen molar-refractivity contribution in [2.75, 3.05) is 42.5 Å². The van der Waals surface area contributed by atoms with Crippen molar-refractivity contribution >= 4 is 23.0 Å². The molecule has 0 saturated carbocycles. The van der Waals surface area contributed by atoms with E-state index < -0.39 is 4.92 Å². The maximum atomic E-state index is 13.1. The molecule has 0 aliphatic carbocycles. The number of nitrogens with zero attached hydrogens (tertiary/aromatic N) is 3. The lowest BCUT2D eigenvalue weighted by molar-refractivity contribution is -0.384. The first-order valence-electron chi connectivity index (χ1n) is 11.1. The number of hydrogen-bond donors (Lipinski definition) is 1. The van der Waals surface area contributed by atoms with Crippen LogP contribution in [-0.4, -0.2) is 43.6 Å². The summed E-state index contributed by atoms with van der Waals surface area (Å²) in [4.78, 5) is 28.5. The summed E-state index contributed by atoms with van der Waals surface area (Å²) in [5, 5.41) is 14.4. The number of nitro benzene ring substituents is 1. The monoisotopic (exact) mass is 422 g/mol. The zero-order chi connectivity index (χ0) is 21.8. The van der Waals surface area contributed by atoms with Gasteiger partial charge in [-0.3, -0.25) is 14.9 Å². The Hall–Kier alpha value is -3.09. The summed E-state index contributed by atoms with van der Waals surface area (Å²) in [5.41, 5.74) is 2.36. The Labute approximate surface area is 183 Å². The van der Waals surface area contributed by atoms with Crippen molar-refractivity contribution in [3.63, 3.8) is 0 Å². The van der Waals surface area contributed by atoms with Gasteiger partial charge in [-0.1, -0.05) is 25.1 Å². The third-order valence-electron chi connectivity index (χ3n) is 6.52. The average molecular weight is 423 g/mol. The van der Waals surface area contributed by atoms with Crippen LogP contribution in [-0.2, 0) is 0 Å². The van der Waals surface area contributed by atoms with Gasteiger partial charge in [-0.05, 0) is 49.3 Å². The van der Waals surface area contributed by atoms with E-state index in [2.05, 4.69) is 34.2 Å². The predicted molar refractivity (Wildman–Crippen MR) is 123 cm³/mol. The zero-order valence-electron chi connectivity index (χ0n) is 18.0. The fourth-order valence-electron chi connectivity index (χ4n) is 4.55. The number of nitrogens with one attached hydrogen (secondary N) is 1. The number of para-hydroxylation sites is 1. The molecular formula is C24H30N4O3. The van der Waals surface area contributed by atoms with Crippen LogP contribution >= 0.6 is 0 Å². The van der Waals surface area contributed by atoms with Crippen LogP contribution in [0.1, 0.15) is 36.5 Å². The van der Waals surface area contributed by atoms with Gasteiger partial charge < -0.3 is 15.1 Å². The normalized spacial score (nSPS) is 19.5. The van der Waals surface area contributed by atoms with Crippen LogP contribution in [0.25, 0.3) is 0 Å². The average Bonchev–Trinajstić information content (AvgIpc) is 3.27. The fourth-order valence-corrected chi connectivity index (χ4v) is 4.55. The van der Waals surface area contributed by atoms with Gasteiger partial charge in [0.1, 0.15) is 0 Å². The van der Waals surface area contributed by atoms with Crippen molar-refractivity contribution in [3.8, 4) is 0 Å².